The summed E-state index contributed by atoms with van der Waals surface area (Å²) in [5, 5.41) is 0. The molecule has 0 spiro atoms. The van der Waals surface area contributed by atoms with Crippen LogP contribution < -0.4 is 0 Å². The Morgan fingerprint density at radius 3 is 2.36 bits per heavy atom. The average molecular weight is 397 g/mol. The number of rotatable bonds is 9. The van der Waals surface area contributed by atoms with E-state index in [-0.39, 0.29) is 11.9 Å². The second-order valence-electron chi connectivity index (χ2n) is 7.00. The zero-order valence-corrected chi connectivity index (χ0v) is 18.0. The predicted octanol–water partition coefficient (Wildman–Crippen LogP) is 6.71. The Morgan fingerprint density at radius 2 is 1.82 bits per heavy atom. The topological polar surface area (TPSA) is 27.7 Å². The van der Waals surface area contributed by atoms with Gasteiger partial charge in [-0.1, -0.05) is 25.2 Å². The maximum absolute atomic E-state index is 14.4. The van der Waals surface area contributed by atoms with Gasteiger partial charge in [0.1, 0.15) is 5.76 Å². The zero-order valence-electron chi connectivity index (χ0n) is 18.0. The summed E-state index contributed by atoms with van der Waals surface area (Å²) >= 11 is 0. The van der Waals surface area contributed by atoms with E-state index in [2.05, 4.69) is 6.08 Å². The minimum absolute atomic E-state index is 0.0716. The van der Waals surface area contributed by atoms with E-state index in [4.69, 9.17) is 14.2 Å². The van der Waals surface area contributed by atoms with Gasteiger partial charge in [-0.2, -0.15) is 0 Å². The monoisotopic (exact) mass is 396 g/mol. The van der Waals surface area contributed by atoms with Crippen LogP contribution in [0.4, 0.5) is 8.78 Å². The first kappa shape index (κ1) is 24.2. The summed E-state index contributed by atoms with van der Waals surface area (Å²) in [5.41, 5.74) is 0.964. The highest BCUT2D eigenvalue weighted by atomic mass is 19.2. The maximum Gasteiger partial charge on any atom is 0.196 e. The summed E-state index contributed by atoms with van der Waals surface area (Å²) < 4.78 is 44.8. The number of hydrogen-bond acceptors (Lipinski definition) is 3. The van der Waals surface area contributed by atoms with Gasteiger partial charge in [0.05, 0.1) is 32.2 Å². The Bertz CT molecular complexity index is 649. The van der Waals surface area contributed by atoms with Gasteiger partial charge in [0.2, 0.25) is 0 Å². The molecule has 2 unspecified atom stereocenters. The van der Waals surface area contributed by atoms with Crippen LogP contribution in [0, 0.1) is 5.92 Å². The molecule has 2 atom stereocenters. The molecule has 0 radical (unpaired) electrons. The second-order valence-corrected chi connectivity index (χ2v) is 7.00. The Kier molecular flexibility index (Phi) is 10.8. The second kappa shape index (κ2) is 12.6. The number of halogens is 2. The van der Waals surface area contributed by atoms with E-state index in [1.807, 2.05) is 19.9 Å². The molecule has 0 amide bonds. The third-order valence-electron chi connectivity index (χ3n) is 4.83. The molecule has 1 saturated heterocycles. The van der Waals surface area contributed by atoms with Gasteiger partial charge in [0, 0.05) is 5.92 Å². The molecular formula is C23H34F2O3. The van der Waals surface area contributed by atoms with Crippen molar-refractivity contribution in [3.8, 4) is 0 Å². The lowest BCUT2D eigenvalue weighted by Gasteiger charge is -2.27. The third kappa shape index (κ3) is 7.63. The van der Waals surface area contributed by atoms with Crippen molar-refractivity contribution >= 4 is 0 Å². The van der Waals surface area contributed by atoms with Crippen molar-refractivity contribution in [1.29, 1.82) is 0 Å². The number of allylic oxidation sites excluding steroid dienone is 9. The van der Waals surface area contributed by atoms with Crippen LogP contribution in [0.3, 0.4) is 0 Å². The van der Waals surface area contributed by atoms with E-state index in [0.29, 0.717) is 36.7 Å². The number of hydrogen-bond donors (Lipinski definition) is 0. The van der Waals surface area contributed by atoms with E-state index in [9.17, 15) is 8.78 Å². The van der Waals surface area contributed by atoms with Crippen LogP contribution >= 0.6 is 0 Å². The molecule has 1 aliphatic heterocycles. The molecule has 1 aliphatic rings. The van der Waals surface area contributed by atoms with Crippen molar-refractivity contribution in [2.75, 3.05) is 20.3 Å². The van der Waals surface area contributed by atoms with Crippen LogP contribution in [0.1, 0.15) is 53.9 Å². The largest absolute Gasteiger partial charge is 0.498 e. The molecule has 28 heavy (non-hydrogen) atoms. The summed E-state index contributed by atoms with van der Waals surface area (Å²) in [7, 11) is 1.32. The molecule has 1 fully saturated rings. The molecule has 0 aliphatic carbocycles. The lowest BCUT2D eigenvalue weighted by molar-refractivity contribution is -0.0119. The van der Waals surface area contributed by atoms with Crippen LogP contribution in [0.5, 0.6) is 0 Å². The van der Waals surface area contributed by atoms with Crippen molar-refractivity contribution < 1.29 is 23.0 Å². The first-order valence-electron chi connectivity index (χ1n) is 9.86. The lowest BCUT2D eigenvalue weighted by Crippen LogP contribution is -2.27. The summed E-state index contributed by atoms with van der Waals surface area (Å²) in [5.74, 6) is -0.808. The molecule has 0 aromatic carbocycles. The minimum atomic E-state index is -0.961. The van der Waals surface area contributed by atoms with E-state index in [1.54, 1.807) is 26.0 Å². The van der Waals surface area contributed by atoms with E-state index < -0.39 is 11.7 Å². The molecular weight excluding hydrogens is 362 g/mol. The molecule has 0 N–H and O–H groups in total. The van der Waals surface area contributed by atoms with Gasteiger partial charge in [0.25, 0.3) is 0 Å². The van der Waals surface area contributed by atoms with Crippen LogP contribution in [0.15, 0.2) is 58.6 Å². The summed E-state index contributed by atoms with van der Waals surface area (Å²) in [6.45, 7) is 10.1. The summed E-state index contributed by atoms with van der Waals surface area (Å²) in [6.07, 6.45) is 10.3. The van der Waals surface area contributed by atoms with Crippen molar-refractivity contribution in [3.05, 3.63) is 58.6 Å². The number of methoxy groups -OCH3 is 1. The molecule has 1 heterocycles. The normalized spacial score (nSPS) is 23.4. The van der Waals surface area contributed by atoms with Crippen molar-refractivity contribution in [2.45, 2.75) is 60.0 Å². The molecule has 158 valence electrons. The van der Waals surface area contributed by atoms with Gasteiger partial charge in [0.15, 0.2) is 11.7 Å². The SMILES string of the molecule is C/C=C/C1CCC(CO/C(C)=C/C=C(C)/C(CC)=C(F)/C(F)=C(\C)OC)CO1. The average Bonchev–Trinajstić information content (AvgIpc) is 2.71. The highest BCUT2D eigenvalue weighted by Gasteiger charge is 2.20. The highest BCUT2D eigenvalue weighted by molar-refractivity contribution is 5.40. The van der Waals surface area contributed by atoms with Gasteiger partial charge in [-0.15, -0.1) is 0 Å². The van der Waals surface area contributed by atoms with E-state index in [0.717, 1.165) is 18.6 Å². The first-order chi connectivity index (χ1) is 13.3. The van der Waals surface area contributed by atoms with E-state index >= 15 is 0 Å². The van der Waals surface area contributed by atoms with Crippen LogP contribution in [-0.4, -0.2) is 26.4 Å². The number of ether oxygens (including phenoxy) is 3. The lowest BCUT2D eigenvalue weighted by atomic mass is 9.99. The van der Waals surface area contributed by atoms with Crippen molar-refractivity contribution in [2.24, 2.45) is 5.92 Å². The molecule has 0 saturated carbocycles. The molecule has 0 bridgehead atoms. The van der Waals surface area contributed by atoms with Crippen molar-refractivity contribution in [1.82, 2.24) is 0 Å². The van der Waals surface area contributed by atoms with Crippen LogP contribution in [0.2, 0.25) is 0 Å². The molecule has 0 aromatic rings. The fraction of sp³-hybridized carbons (Fsp3) is 0.565. The maximum atomic E-state index is 14.4. The predicted molar refractivity (Wildman–Crippen MR) is 110 cm³/mol. The highest BCUT2D eigenvalue weighted by Crippen LogP contribution is 2.28. The van der Waals surface area contributed by atoms with Gasteiger partial charge in [-0.05, 0) is 64.2 Å². The van der Waals surface area contributed by atoms with E-state index in [1.165, 1.54) is 14.0 Å². The van der Waals surface area contributed by atoms with Gasteiger partial charge in [-0.25, -0.2) is 8.78 Å². The Morgan fingerprint density at radius 1 is 1.11 bits per heavy atom. The Balaban J connectivity index is 2.70. The Labute approximate surface area is 168 Å². The smallest absolute Gasteiger partial charge is 0.196 e. The molecule has 3 nitrogen and oxygen atoms in total. The third-order valence-corrected chi connectivity index (χ3v) is 4.83. The summed E-state index contributed by atoms with van der Waals surface area (Å²) in [6, 6.07) is 0. The van der Waals surface area contributed by atoms with Gasteiger partial charge in [-0.3, -0.25) is 0 Å². The standard InChI is InChI=1S/C23H34F2O3/c1-7-9-20-13-12-19(15-28-20)14-27-17(4)11-10-16(3)21(8-2)23(25)22(24)18(5)26-6/h7,9-11,19-20H,8,12-15H2,1-6H3/b9-7+,16-10+,17-11+,22-18-,23-21-. The molecule has 1 rings (SSSR count). The zero-order chi connectivity index (χ0) is 21.1. The molecule has 0 aromatic heterocycles. The summed E-state index contributed by atoms with van der Waals surface area (Å²) in [4.78, 5) is 0. The van der Waals surface area contributed by atoms with Crippen LogP contribution in [-0.2, 0) is 14.2 Å². The quantitative estimate of drug-likeness (QED) is 0.246. The van der Waals surface area contributed by atoms with Crippen LogP contribution in [0.25, 0.3) is 0 Å². The fourth-order valence-corrected chi connectivity index (χ4v) is 2.95. The molecule has 5 heteroatoms. The van der Waals surface area contributed by atoms with Crippen molar-refractivity contribution in [3.63, 3.8) is 0 Å². The minimum Gasteiger partial charge on any atom is -0.498 e. The Hall–Kier alpha value is -1.88. The van der Waals surface area contributed by atoms with Gasteiger partial charge < -0.3 is 14.2 Å². The fourth-order valence-electron chi connectivity index (χ4n) is 2.95. The van der Waals surface area contributed by atoms with Gasteiger partial charge >= 0.3 is 0 Å². The first-order valence-corrected chi connectivity index (χ1v) is 9.86.